The molecule has 0 unspecified atom stereocenters. The van der Waals surface area contributed by atoms with Gasteiger partial charge in [-0.15, -0.1) is 0 Å². The van der Waals surface area contributed by atoms with E-state index in [4.69, 9.17) is 4.42 Å². The van der Waals surface area contributed by atoms with Crippen LogP contribution in [0.5, 0.6) is 0 Å². The third kappa shape index (κ3) is 3.85. The zero-order chi connectivity index (χ0) is 22.2. The number of aryl methyl sites for hydroxylation is 3. The fourth-order valence-corrected chi connectivity index (χ4v) is 3.60. The van der Waals surface area contributed by atoms with Crippen molar-refractivity contribution in [2.45, 2.75) is 54.3 Å². The van der Waals surface area contributed by atoms with E-state index in [0.717, 1.165) is 23.5 Å². The van der Waals surface area contributed by atoms with Crippen molar-refractivity contribution >= 4 is 11.6 Å². The lowest BCUT2D eigenvalue weighted by molar-refractivity contribution is -0.386. The summed E-state index contributed by atoms with van der Waals surface area (Å²) in [7, 11) is 1.72. The Morgan fingerprint density at radius 2 is 1.80 bits per heavy atom. The molecule has 0 aliphatic rings. The molecule has 0 fully saturated rings. The minimum atomic E-state index is -0.440. The average molecular weight is 414 g/mol. The van der Waals surface area contributed by atoms with Gasteiger partial charge in [-0.2, -0.15) is 10.2 Å². The topological polar surface area (TPSA) is 112 Å². The Labute approximate surface area is 174 Å². The molecule has 0 aliphatic carbocycles. The third-order valence-corrected chi connectivity index (χ3v) is 5.28. The molecule has 3 heterocycles. The molecule has 10 heteroatoms. The maximum Gasteiger partial charge on any atom is 0.312 e. The van der Waals surface area contributed by atoms with Crippen molar-refractivity contribution in [2.75, 3.05) is 7.05 Å². The van der Waals surface area contributed by atoms with Crippen molar-refractivity contribution in [1.29, 1.82) is 0 Å². The monoisotopic (exact) mass is 414 g/mol. The van der Waals surface area contributed by atoms with E-state index in [1.165, 1.54) is 4.68 Å². The summed E-state index contributed by atoms with van der Waals surface area (Å²) in [6.45, 7) is 10.6. The molecule has 3 rings (SSSR count). The number of nitrogens with zero attached hydrogens (tertiary/aromatic N) is 6. The van der Waals surface area contributed by atoms with Gasteiger partial charge in [0.15, 0.2) is 5.76 Å². The summed E-state index contributed by atoms with van der Waals surface area (Å²) in [6, 6.07) is 3.30. The first-order valence-corrected chi connectivity index (χ1v) is 9.69. The largest absolute Gasteiger partial charge is 0.454 e. The van der Waals surface area contributed by atoms with E-state index in [2.05, 4.69) is 10.2 Å². The Balaban J connectivity index is 1.74. The Kier molecular flexibility index (Phi) is 5.77. The van der Waals surface area contributed by atoms with E-state index in [-0.39, 0.29) is 23.9 Å². The SMILES string of the molecule is CCn1nc(C)c(CN(C)C(=O)c2ccc(Cn3nc(C)c([N+](=O)[O-])c3C)o2)c1C. The summed E-state index contributed by atoms with van der Waals surface area (Å²) in [5, 5.41) is 19.9. The van der Waals surface area contributed by atoms with E-state index < -0.39 is 4.92 Å². The summed E-state index contributed by atoms with van der Waals surface area (Å²) < 4.78 is 9.15. The second kappa shape index (κ2) is 8.13. The number of hydrogen-bond acceptors (Lipinski definition) is 6. The second-order valence-electron chi connectivity index (χ2n) is 7.33. The predicted octanol–water partition coefficient (Wildman–Crippen LogP) is 3.15. The molecular formula is C20H26N6O4. The van der Waals surface area contributed by atoms with Crippen LogP contribution in [-0.2, 0) is 19.6 Å². The number of furan rings is 1. The molecule has 30 heavy (non-hydrogen) atoms. The molecule has 1 amide bonds. The van der Waals surface area contributed by atoms with Crippen molar-refractivity contribution in [3.05, 3.63) is 62.1 Å². The summed E-state index contributed by atoms with van der Waals surface area (Å²) in [5.41, 5.74) is 3.75. The van der Waals surface area contributed by atoms with Crippen molar-refractivity contribution in [3.8, 4) is 0 Å². The lowest BCUT2D eigenvalue weighted by atomic mass is 10.2. The molecule has 0 saturated carbocycles. The van der Waals surface area contributed by atoms with Crippen LogP contribution in [0.4, 0.5) is 5.69 Å². The van der Waals surface area contributed by atoms with Gasteiger partial charge in [0.25, 0.3) is 5.91 Å². The Hall–Kier alpha value is -3.43. The first kappa shape index (κ1) is 21.3. The van der Waals surface area contributed by atoms with Gasteiger partial charge in [-0.05, 0) is 46.8 Å². The first-order valence-electron chi connectivity index (χ1n) is 9.69. The van der Waals surface area contributed by atoms with Crippen molar-refractivity contribution in [2.24, 2.45) is 0 Å². The molecule has 0 aliphatic heterocycles. The van der Waals surface area contributed by atoms with Crippen LogP contribution in [0.3, 0.4) is 0 Å². The first-order chi connectivity index (χ1) is 14.1. The number of carbonyl (C=O) groups excluding carboxylic acids is 1. The van der Waals surface area contributed by atoms with Crippen molar-refractivity contribution < 1.29 is 14.1 Å². The highest BCUT2D eigenvalue weighted by atomic mass is 16.6. The minimum Gasteiger partial charge on any atom is -0.454 e. The number of carbonyl (C=O) groups is 1. The van der Waals surface area contributed by atoms with E-state index in [1.807, 2.05) is 25.5 Å². The van der Waals surface area contributed by atoms with Crippen molar-refractivity contribution in [1.82, 2.24) is 24.5 Å². The highest BCUT2D eigenvalue weighted by molar-refractivity contribution is 5.91. The zero-order valence-electron chi connectivity index (χ0n) is 18.1. The molecule has 0 atom stereocenters. The fraction of sp³-hybridized carbons (Fsp3) is 0.450. The standard InChI is InChI=1S/C20H26N6O4/c1-7-24-14(4)17(12(2)21-24)11-23(6)20(27)18-9-8-16(30-18)10-25-15(5)19(26(28)29)13(3)22-25/h8-9H,7,10-11H2,1-6H3. The zero-order valence-corrected chi connectivity index (χ0v) is 18.1. The average Bonchev–Trinajstić information content (AvgIpc) is 3.34. The van der Waals surface area contributed by atoms with E-state index in [0.29, 0.717) is 23.7 Å². The van der Waals surface area contributed by atoms with Gasteiger partial charge in [0.05, 0.1) is 17.2 Å². The number of hydrogen-bond donors (Lipinski definition) is 0. The number of aromatic nitrogens is 4. The summed E-state index contributed by atoms with van der Waals surface area (Å²) in [6.07, 6.45) is 0. The van der Waals surface area contributed by atoms with Gasteiger partial charge in [-0.1, -0.05) is 0 Å². The Morgan fingerprint density at radius 3 is 2.37 bits per heavy atom. The van der Waals surface area contributed by atoms with Crippen LogP contribution >= 0.6 is 0 Å². The Bertz CT molecular complexity index is 1110. The molecule has 0 spiro atoms. The second-order valence-corrected chi connectivity index (χ2v) is 7.33. The molecule has 0 radical (unpaired) electrons. The highest BCUT2D eigenvalue weighted by Gasteiger charge is 2.23. The van der Waals surface area contributed by atoms with Crippen LogP contribution in [0, 0.1) is 37.8 Å². The summed E-state index contributed by atoms with van der Waals surface area (Å²) >= 11 is 0. The molecule has 0 bridgehead atoms. The molecule has 0 aromatic carbocycles. The van der Waals surface area contributed by atoms with Gasteiger partial charge in [0.1, 0.15) is 17.1 Å². The number of rotatable bonds is 7. The van der Waals surface area contributed by atoms with Crippen LogP contribution in [0.1, 0.15) is 51.6 Å². The molecule has 10 nitrogen and oxygen atoms in total. The Morgan fingerprint density at radius 1 is 1.13 bits per heavy atom. The summed E-state index contributed by atoms with van der Waals surface area (Å²) in [5.74, 6) is 0.462. The van der Waals surface area contributed by atoms with Gasteiger partial charge >= 0.3 is 5.69 Å². The molecule has 0 saturated heterocycles. The quantitative estimate of drug-likeness (QED) is 0.434. The van der Waals surface area contributed by atoms with Crippen LogP contribution in [-0.4, -0.2) is 42.3 Å². The van der Waals surface area contributed by atoms with Gasteiger partial charge in [0, 0.05) is 31.4 Å². The predicted molar refractivity (Wildman–Crippen MR) is 109 cm³/mol. The molecule has 0 N–H and O–H groups in total. The van der Waals surface area contributed by atoms with Crippen LogP contribution in [0.15, 0.2) is 16.5 Å². The molecular weight excluding hydrogens is 388 g/mol. The van der Waals surface area contributed by atoms with E-state index in [1.54, 1.807) is 37.9 Å². The van der Waals surface area contributed by atoms with Crippen LogP contribution in [0.25, 0.3) is 0 Å². The smallest absolute Gasteiger partial charge is 0.312 e. The van der Waals surface area contributed by atoms with Gasteiger partial charge in [-0.25, -0.2) is 0 Å². The molecule has 3 aromatic rings. The number of amides is 1. The minimum absolute atomic E-state index is 0.00375. The maximum absolute atomic E-state index is 12.8. The third-order valence-electron chi connectivity index (χ3n) is 5.28. The van der Waals surface area contributed by atoms with Crippen LogP contribution < -0.4 is 0 Å². The van der Waals surface area contributed by atoms with Crippen molar-refractivity contribution in [3.63, 3.8) is 0 Å². The fourth-order valence-electron chi connectivity index (χ4n) is 3.60. The highest BCUT2D eigenvalue weighted by Crippen LogP contribution is 2.23. The van der Waals surface area contributed by atoms with Gasteiger partial charge in [0.2, 0.25) is 0 Å². The molecule has 3 aromatic heterocycles. The van der Waals surface area contributed by atoms with Gasteiger partial charge < -0.3 is 9.32 Å². The lowest BCUT2D eigenvalue weighted by Gasteiger charge is -2.16. The molecule has 160 valence electrons. The lowest BCUT2D eigenvalue weighted by Crippen LogP contribution is -2.26. The van der Waals surface area contributed by atoms with Crippen LogP contribution in [0.2, 0.25) is 0 Å². The van der Waals surface area contributed by atoms with Gasteiger partial charge in [-0.3, -0.25) is 24.3 Å². The van der Waals surface area contributed by atoms with E-state index in [9.17, 15) is 14.9 Å². The van der Waals surface area contributed by atoms with E-state index >= 15 is 0 Å². The normalized spacial score (nSPS) is 11.1. The summed E-state index contributed by atoms with van der Waals surface area (Å²) in [4.78, 5) is 25.1. The number of nitro groups is 1. The maximum atomic E-state index is 12.8.